The Labute approximate surface area is 425 Å². The van der Waals surface area contributed by atoms with Gasteiger partial charge in [-0.05, 0) is 83.1 Å². The highest BCUT2D eigenvalue weighted by molar-refractivity contribution is 7.61. The van der Waals surface area contributed by atoms with E-state index in [4.69, 9.17) is 29.0 Å². The van der Waals surface area contributed by atoms with Crippen LogP contribution in [-0.4, -0.2) is 108 Å². The van der Waals surface area contributed by atoms with Crippen LogP contribution in [-0.2, 0) is 46.3 Å². The molecule has 0 saturated carbocycles. The van der Waals surface area contributed by atoms with Gasteiger partial charge in [-0.15, -0.1) is 0 Å². The van der Waals surface area contributed by atoms with Gasteiger partial charge >= 0.3 is 33.3 Å². The number of carbonyl (C=O) groups is 2. The normalized spacial score (nSPS) is 20.3. The third-order valence-corrected chi connectivity index (χ3v) is 14.2. The summed E-state index contributed by atoms with van der Waals surface area (Å²) in [6.07, 6.45) is 27.7. The van der Waals surface area contributed by atoms with Gasteiger partial charge in [-0.2, -0.15) is 9.29 Å². The number of unbranched alkanes of at least 4 members (excludes halogenated alkanes) is 14. The lowest BCUT2D eigenvalue weighted by atomic mass is 10.0. The Kier molecular flexibility index (Phi) is 34.4. The van der Waals surface area contributed by atoms with E-state index in [9.17, 15) is 53.7 Å². The minimum atomic E-state index is -5.46. The van der Waals surface area contributed by atoms with E-state index in [1.807, 2.05) is 12.2 Å². The second kappa shape index (κ2) is 38.2. The van der Waals surface area contributed by atoms with Crippen molar-refractivity contribution in [3.63, 3.8) is 0 Å². The molecule has 8 N–H and O–H groups in total. The van der Waals surface area contributed by atoms with E-state index in [1.165, 1.54) is 25.3 Å². The smallest absolute Gasteiger partial charge is 0.462 e. The summed E-state index contributed by atoms with van der Waals surface area (Å²) in [5.74, 6) is -1.45. The number of hydrogen-bond donors (Lipinski definition) is 7. The molecule has 0 bridgehead atoms. The van der Waals surface area contributed by atoms with Gasteiger partial charge in [0.05, 0.1) is 25.4 Å². The number of anilines is 1. The van der Waals surface area contributed by atoms with Crippen molar-refractivity contribution in [2.24, 2.45) is 0 Å². The van der Waals surface area contributed by atoms with Crippen molar-refractivity contribution in [1.82, 2.24) is 9.55 Å². The summed E-state index contributed by atoms with van der Waals surface area (Å²) in [6.45, 7) is 1.90. The van der Waals surface area contributed by atoms with E-state index in [-0.39, 0.29) is 18.7 Å². The van der Waals surface area contributed by atoms with Crippen molar-refractivity contribution in [2.45, 2.75) is 211 Å². The van der Waals surface area contributed by atoms with Gasteiger partial charge in [-0.25, -0.2) is 13.9 Å². The SMILES string of the molecule is CCCCC/C=C\C/C=C\C/C=C\CCCCCCC(=O)OC[C@H](COP(=O)(O)OP(=O)(O)OC[C@H]1O[C@@H](n2ccc(N)nc2=O)[C@H](O)[C@@H]1O)OC(=O)CCCCCCC[C@H](O)[C@@H](O)C/C=C\CCCCC. The molecule has 0 amide bonds. The van der Waals surface area contributed by atoms with Crippen LogP contribution >= 0.6 is 15.6 Å². The van der Waals surface area contributed by atoms with Crippen LogP contribution in [0.4, 0.5) is 5.82 Å². The molecule has 2 unspecified atom stereocenters. The Morgan fingerprint density at radius 3 is 1.89 bits per heavy atom. The number of phosphoric acid groups is 2. The van der Waals surface area contributed by atoms with Crippen molar-refractivity contribution in [2.75, 3.05) is 25.6 Å². The molecule has 2 rings (SSSR count). The van der Waals surface area contributed by atoms with Gasteiger partial charge in [-0.3, -0.25) is 23.2 Å². The van der Waals surface area contributed by atoms with Gasteiger partial charge in [0.25, 0.3) is 0 Å². The molecule has 0 aliphatic carbocycles. The number of esters is 2. The van der Waals surface area contributed by atoms with E-state index >= 15 is 0 Å². The number of nitrogens with zero attached hydrogens (tertiary/aromatic N) is 2. The molecule has 1 aromatic heterocycles. The lowest BCUT2D eigenvalue weighted by Crippen LogP contribution is -2.36. The first-order valence-electron chi connectivity index (χ1n) is 25.8. The van der Waals surface area contributed by atoms with Crippen molar-refractivity contribution < 1.29 is 76.5 Å². The Balaban J connectivity index is 1.84. The molecule has 1 saturated heterocycles. The molecule has 1 aliphatic heterocycles. The van der Waals surface area contributed by atoms with Crippen molar-refractivity contribution in [3.05, 3.63) is 71.4 Å². The molecule has 1 aromatic rings. The molecule has 0 spiro atoms. The monoisotopic (exact) mass is 1060 g/mol. The number of aromatic nitrogens is 2. The zero-order chi connectivity index (χ0) is 53.0. The molecular weight excluding hydrogens is 977 g/mol. The van der Waals surface area contributed by atoms with Gasteiger partial charge in [0.1, 0.15) is 30.7 Å². The number of nitrogens with two attached hydrogens (primary N) is 1. The number of rotatable bonds is 42. The van der Waals surface area contributed by atoms with E-state index in [2.05, 4.69) is 59.6 Å². The summed E-state index contributed by atoms with van der Waals surface area (Å²) >= 11 is 0. The minimum Gasteiger partial charge on any atom is -0.462 e. The number of hydrogen-bond acceptors (Lipinski definition) is 17. The highest BCUT2D eigenvalue weighted by atomic mass is 31.3. The molecule has 1 aliphatic rings. The molecule has 22 heteroatoms. The zero-order valence-electron chi connectivity index (χ0n) is 42.4. The maximum Gasteiger partial charge on any atom is 0.481 e. The van der Waals surface area contributed by atoms with E-state index in [1.54, 1.807) is 0 Å². The molecule has 20 nitrogen and oxygen atoms in total. The maximum atomic E-state index is 12.9. The average Bonchev–Trinajstić information content (AvgIpc) is 3.61. The number of allylic oxidation sites excluding steroid dienone is 7. The summed E-state index contributed by atoms with van der Waals surface area (Å²) in [6, 6.07) is 1.23. The topological polar surface area (TPSA) is 306 Å². The highest BCUT2D eigenvalue weighted by Crippen LogP contribution is 2.60. The summed E-state index contributed by atoms with van der Waals surface area (Å²) in [5.41, 5.74) is 4.57. The predicted octanol–water partition coefficient (Wildman–Crippen LogP) is 8.50. The average molecular weight is 1060 g/mol. The largest absolute Gasteiger partial charge is 0.481 e. The number of nitrogen functional groups attached to an aromatic ring is 1. The van der Waals surface area contributed by atoms with Crippen LogP contribution in [0.25, 0.3) is 0 Å². The number of aliphatic hydroxyl groups is 4. The van der Waals surface area contributed by atoms with Gasteiger partial charge in [-0.1, -0.05) is 127 Å². The van der Waals surface area contributed by atoms with Crippen LogP contribution in [0.3, 0.4) is 0 Å². The van der Waals surface area contributed by atoms with Crippen molar-refractivity contribution in [1.29, 1.82) is 0 Å². The van der Waals surface area contributed by atoms with Crippen LogP contribution in [0, 0.1) is 0 Å². The first-order chi connectivity index (χ1) is 34.5. The van der Waals surface area contributed by atoms with E-state index in [0.29, 0.717) is 38.5 Å². The molecule has 0 radical (unpaired) electrons. The number of phosphoric ester groups is 2. The van der Waals surface area contributed by atoms with Crippen LogP contribution in [0.5, 0.6) is 0 Å². The lowest BCUT2D eigenvalue weighted by molar-refractivity contribution is -0.161. The lowest BCUT2D eigenvalue weighted by Gasteiger charge is -2.21. The Morgan fingerprint density at radius 2 is 1.26 bits per heavy atom. The van der Waals surface area contributed by atoms with Crippen LogP contribution in [0.15, 0.2) is 65.7 Å². The third kappa shape index (κ3) is 30.1. The van der Waals surface area contributed by atoms with Gasteiger partial charge < -0.3 is 50.2 Å². The Hall–Kier alpha value is -3.36. The molecule has 2 heterocycles. The molecule has 72 heavy (non-hydrogen) atoms. The first kappa shape index (κ1) is 64.8. The fourth-order valence-corrected chi connectivity index (χ4v) is 9.51. The summed E-state index contributed by atoms with van der Waals surface area (Å²) in [4.78, 5) is 61.9. The van der Waals surface area contributed by atoms with E-state index in [0.717, 1.165) is 94.2 Å². The van der Waals surface area contributed by atoms with Crippen LogP contribution < -0.4 is 11.4 Å². The molecule has 0 aromatic carbocycles. The molecule has 412 valence electrons. The number of ether oxygens (including phenoxy) is 3. The summed E-state index contributed by atoms with van der Waals surface area (Å²) in [7, 11) is -10.9. The van der Waals surface area contributed by atoms with E-state index < -0.39 is 95.9 Å². The zero-order valence-corrected chi connectivity index (χ0v) is 44.2. The molecule has 1 fully saturated rings. The number of aliphatic hydroxyl groups excluding tert-OH is 4. The summed E-state index contributed by atoms with van der Waals surface area (Å²) < 4.78 is 56.7. The van der Waals surface area contributed by atoms with Gasteiger partial charge in [0.2, 0.25) is 0 Å². The second-order valence-corrected chi connectivity index (χ2v) is 21.0. The van der Waals surface area contributed by atoms with Crippen molar-refractivity contribution >= 4 is 33.4 Å². The molecular formula is C50H85N3O17P2. The fourth-order valence-electron chi connectivity index (χ4n) is 7.40. The molecule has 9 atom stereocenters. The Morgan fingerprint density at radius 1 is 0.722 bits per heavy atom. The number of carbonyl (C=O) groups excluding carboxylic acids is 2. The van der Waals surface area contributed by atoms with Gasteiger partial charge in [0, 0.05) is 19.0 Å². The Bertz CT molecular complexity index is 1930. The second-order valence-electron chi connectivity index (χ2n) is 18.0. The fraction of sp³-hybridized carbons (Fsp3) is 0.720. The maximum absolute atomic E-state index is 12.9. The van der Waals surface area contributed by atoms with Crippen molar-refractivity contribution in [3.8, 4) is 0 Å². The van der Waals surface area contributed by atoms with Gasteiger partial charge in [0.15, 0.2) is 12.3 Å². The highest BCUT2D eigenvalue weighted by Gasteiger charge is 2.46. The third-order valence-electron chi connectivity index (χ3n) is 11.6. The van der Waals surface area contributed by atoms with Crippen LogP contribution in [0.2, 0.25) is 0 Å². The standard InChI is InChI=1S/C50H85N3O17P2/c1-3-5-7-9-11-12-13-14-15-16-17-18-19-20-21-25-29-33-45(56)65-37-40(68-46(57)34-30-26-22-24-28-32-42(55)41(54)31-27-23-10-8-6-4-2)38-66-71(61,62)70-72(63,64)67-39-43-47(58)48(59)49(69-43)53-36-35-44(51)52-50(53)60/h11-12,14-15,17-18,23,27,35-36,40-43,47-49,54-55,58-59H,3-10,13,16,19-22,24-26,28-34,37-39H2,1-2H3,(H,61,62)(H,63,64)(H2,51,52,60)/b12-11-,15-14-,18-17-,27-23-/t40-,41+,42+,43-,47-,48-,49-/m1/s1. The predicted molar refractivity (Wildman–Crippen MR) is 273 cm³/mol. The first-order valence-corrected chi connectivity index (χ1v) is 28.8. The summed E-state index contributed by atoms with van der Waals surface area (Å²) in [5, 5.41) is 41.5. The minimum absolute atomic E-state index is 0.0554. The van der Waals surface area contributed by atoms with Crippen LogP contribution in [0.1, 0.15) is 174 Å². The quantitative estimate of drug-likeness (QED) is 0.0140.